The molecule has 0 aliphatic carbocycles. The summed E-state index contributed by atoms with van der Waals surface area (Å²) >= 11 is 6.25. The van der Waals surface area contributed by atoms with E-state index >= 15 is 0 Å². The van der Waals surface area contributed by atoms with Crippen LogP contribution in [0.2, 0.25) is 5.02 Å². The van der Waals surface area contributed by atoms with Gasteiger partial charge in [-0.15, -0.1) is 0 Å². The smallest absolute Gasteiger partial charge is 0.243 e. The van der Waals surface area contributed by atoms with Crippen molar-refractivity contribution in [3.63, 3.8) is 0 Å². The first-order valence-electron chi connectivity index (χ1n) is 8.42. The van der Waals surface area contributed by atoms with Gasteiger partial charge in [0.25, 0.3) is 0 Å². The van der Waals surface area contributed by atoms with Crippen molar-refractivity contribution in [1.82, 2.24) is 14.6 Å². The number of pyridine rings is 1. The van der Waals surface area contributed by atoms with E-state index in [2.05, 4.69) is 10.3 Å². The summed E-state index contributed by atoms with van der Waals surface area (Å²) in [5, 5.41) is 5.14. The van der Waals surface area contributed by atoms with Crippen molar-refractivity contribution < 1.29 is 13.2 Å². The Morgan fingerprint density at radius 1 is 1.24 bits per heavy atom. The largest absolute Gasteiger partial charge is 0.380 e. The zero-order chi connectivity index (χ0) is 17.4. The van der Waals surface area contributed by atoms with Gasteiger partial charge in [-0.3, -0.25) is 4.98 Å². The number of hydrogen-bond donors (Lipinski definition) is 1. The molecule has 2 atom stereocenters. The van der Waals surface area contributed by atoms with Crippen molar-refractivity contribution in [3.8, 4) is 0 Å². The van der Waals surface area contributed by atoms with Crippen molar-refractivity contribution >= 4 is 32.4 Å². The zero-order valence-corrected chi connectivity index (χ0v) is 15.3. The second kappa shape index (κ2) is 6.81. The second-order valence-corrected chi connectivity index (χ2v) is 8.86. The SMILES string of the molecule is O=S(=O)(c1cccc2cncc(Cl)c12)N1CC[C@H](NC2CCOC2)C1. The van der Waals surface area contributed by atoms with Crippen LogP contribution in [0.3, 0.4) is 0 Å². The molecule has 2 saturated heterocycles. The summed E-state index contributed by atoms with van der Waals surface area (Å²) in [6.45, 7) is 2.45. The summed E-state index contributed by atoms with van der Waals surface area (Å²) < 4.78 is 33.3. The van der Waals surface area contributed by atoms with Gasteiger partial charge in [0.1, 0.15) is 0 Å². The molecule has 2 fully saturated rings. The van der Waals surface area contributed by atoms with Crippen molar-refractivity contribution in [3.05, 3.63) is 35.6 Å². The quantitative estimate of drug-likeness (QED) is 0.877. The standard InChI is InChI=1S/C17H20ClN3O3S/c18-15-9-19-8-12-2-1-3-16(17(12)15)25(22,23)21-6-4-13(10-21)20-14-5-7-24-11-14/h1-3,8-9,13-14,20H,4-7,10-11H2/t13-,14?/m0/s1. The van der Waals surface area contributed by atoms with Gasteiger partial charge in [0.2, 0.25) is 10.0 Å². The number of nitrogens with zero attached hydrogens (tertiary/aromatic N) is 2. The molecule has 0 radical (unpaired) electrons. The number of ether oxygens (including phenoxy) is 1. The van der Waals surface area contributed by atoms with E-state index < -0.39 is 10.0 Å². The molecule has 1 unspecified atom stereocenters. The Labute approximate surface area is 152 Å². The summed E-state index contributed by atoms with van der Waals surface area (Å²) in [7, 11) is -3.60. The number of rotatable bonds is 4. The first kappa shape index (κ1) is 17.2. The third kappa shape index (κ3) is 3.27. The molecule has 0 bridgehead atoms. The summed E-state index contributed by atoms with van der Waals surface area (Å²) in [6, 6.07) is 5.66. The maximum Gasteiger partial charge on any atom is 0.243 e. The molecular weight excluding hydrogens is 362 g/mol. The van der Waals surface area contributed by atoms with Gasteiger partial charge >= 0.3 is 0 Å². The molecule has 25 heavy (non-hydrogen) atoms. The molecule has 2 aliphatic rings. The van der Waals surface area contributed by atoms with Gasteiger partial charge in [-0.1, -0.05) is 23.7 Å². The lowest BCUT2D eigenvalue weighted by Crippen LogP contribution is -2.41. The fraction of sp³-hybridized carbons (Fsp3) is 0.471. The summed E-state index contributed by atoms with van der Waals surface area (Å²) in [5.41, 5.74) is 0. The molecule has 0 spiro atoms. The van der Waals surface area contributed by atoms with Crippen LogP contribution in [0.1, 0.15) is 12.8 Å². The molecule has 1 N–H and O–H groups in total. The van der Waals surface area contributed by atoms with Crippen LogP contribution in [0.5, 0.6) is 0 Å². The maximum atomic E-state index is 13.2. The van der Waals surface area contributed by atoms with E-state index in [1.54, 1.807) is 22.6 Å². The number of hydrogen-bond acceptors (Lipinski definition) is 5. The van der Waals surface area contributed by atoms with Crippen molar-refractivity contribution in [1.29, 1.82) is 0 Å². The minimum Gasteiger partial charge on any atom is -0.380 e. The first-order chi connectivity index (χ1) is 12.1. The van der Waals surface area contributed by atoms with Crippen LogP contribution in [0.15, 0.2) is 35.5 Å². The maximum absolute atomic E-state index is 13.2. The van der Waals surface area contributed by atoms with Crippen LogP contribution >= 0.6 is 11.6 Å². The fourth-order valence-corrected chi connectivity index (χ4v) is 5.65. The molecular formula is C17H20ClN3O3S. The third-order valence-electron chi connectivity index (χ3n) is 4.87. The molecule has 6 nitrogen and oxygen atoms in total. The van der Waals surface area contributed by atoms with Crippen LogP contribution in [-0.2, 0) is 14.8 Å². The number of fused-ring (bicyclic) bond motifs is 1. The van der Waals surface area contributed by atoms with E-state index in [1.807, 2.05) is 6.07 Å². The van der Waals surface area contributed by atoms with Gasteiger partial charge in [-0.25, -0.2) is 8.42 Å². The van der Waals surface area contributed by atoms with Gasteiger partial charge in [-0.05, 0) is 18.9 Å². The Hall–Kier alpha value is -1.25. The van der Waals surface area contributed by atoms with Gasteiger partial charge in [0.15, 0.2) is 0 Å². The third-order valence-corrected chi connectivity index (χ3v) is 7.06. The number of benzene rings is 1. The summed E-state index contributed by atoms with van der Waals surface area (Å²) in [4.78, 5) is 4.29. The molecule has 2 aromatic rings. The highest BCUT2D eigenvalue weighted by Crippen LogP contribution is 2.32. The predicted molar refractivity (Wildman–Crippen MR) is 96.3 cm³/mol. The van der Waals surface area contributed by atoms with Crippen LogP contribution in [0.25, 0.3) is 10.8 Å². The van der Waals surface area contributed by atoms with E-state index in [4.69, 9.17) is 16.3 Å². The molecule has 1 aromatic carbocycles. The van der Waals surface area contributed by atoms with Gasteiger partial charge in [0.05, 0.1) is 16.5 Å². The van der Waals surface area contributed by atoms with Gasteiger partial charge < -0.3 is 10.1 Å². The van der Waals surface area contributed by atoms with Crippen LogP contribution in [0, 0.1) is 0 Å². The average Bonchev–Trinajstić information content (AvgIpc) is 3.27. The highest BCUT2D eigenvalue weighted by atomic mass is 35.5. The lowest BCUT2D eigenvalue weighted by molar-refractivity contribution is 0.188. The predicted octanol–water partition coefficient (Wildman–Crippen LogP) is 2.03. The molecule has 3 heterocycles. The lowest BCUT2D eigenvalue weighted by Gasteiger charge is -2.20. The monoisotopic (exact) mass is 381 g/mol. The molecule has 8 heteroatoms. The highest BCUT2D eigenvalue weighted by Gasteiger charge is 2.35. The van der Waals surface area contributed by atoms with E-state index in [1.165, 1.54) is 6.20 Å². The average molecular weight is 382 g/mol. The Morgan fingerprint density at radius 3 is 2.92 bits per heavy atom. The zero-order valence-electron chi connectivity index (χ0n) is 13.7. The van der Waals surface area contributed by atoms with Crippen molar-refractivity contribution in [2.45, 2.75) is 29.8 Å². The van der Waals surface area contributed by atoms with Crippen LogP contribution < -0.4 is 5.32 Å². The fourth-order valence-electron chi connectivity index (χ4n) is 3.59. The number of halogens is 1. The van der Waals surface area contributed by atoms with Gasteiger partial charge in [0, 0.05) is 54.9 Å². The van der Waals surface area contributed by atoms with Crippen LogP contribution in [-0.4, -0.2) is 56.1 Å². The molecule has 0 amide bonds. The molecule has 1 aromatic heterocycles. The van der Waals surface area contributed by atoms with Crippen LogP contribution in [0.4, 0.5) is 0 Å². The summed E-state index contributed by atoms with van der Waals surface area (Å²) in [6.07, 6.45) is 4.90. The topological polar surface area (TPSA) is 71.5 Å². The van der Waals surface area contributed by atoms with E-state index in [0.29, 0.717) is 36.1 Å². The Kier molecular flexibility index (Phi) is 4.68. The Balaban J connectivity index is 1.60. The Morgan fingerprint density at radius 2 is 2.12 bits per heavy atom. The number of nitrogens with one attached hydrogen (secondary N) is 1. The lowest BCUT2D eigenvalue weighted by atomic mass is 10.2. The summed E-state index contributed by atoms with van der Waals surface area (Å²) in [5.74, 6) is 0. The molecule has 4 rings (SSSR count). The molecule has 0 saturated carbocycles. The van der Waals surface area contributed by atoms with Gasteiger partial charge in [-0.2, -0.15) is 4.31 Å². The van der Waals surface area contributed by atoms with E-state index in [0.717, 1.165) is 24.8 Å². The minimum absolute atomic E-state index is 0.161. The normalized spacial score (nSPS) is 25.0. The molecule has 134 valence electrons. The van der Waals surface area contributed by atoms with E-state index in [9.17, 15) is 8.42 Å². The Bertz CT molecular complexity index is 879. The highest BCUT2D eigenvalue weighted by molar-refractivity contribution is 7.89. The molecule has 2 aliphatic heterocycles. The number of aromatic nitrogens is 1. The first-order valence-corrected chi connectivity index (χ1v) is 10.2. The number of sulfonamides is 1. The van der Waals surface area contributed by atoms with Crippen molar-refractivity contribution in [2.75, 3.05) is 26.3 Å². The minimum atomic E-state index is -3.60. The second-order valence-electron chi connectivity index (χ2n) is 6.55. The van der Waals surface area contributed by atoms with E-state index in [-0.39, 0.29) is 10.9 Å². The van der Waals surface area contributed by atoms with Crippen molar-refractivity contribution in [2.24, 2.45) is 0 Å².